The van der Waals surface area contributed by atoms with Gasteiger partial charge in [0.25, 0.3) is 0 Å². The third-order valence-electron chi connectivity index (χ3n) is 3.11. The zero-order valence-electron chi connectivity index (χ0n) is 11.4. The minimum atomic E-state index is 0.606. The third-order valence-corrected chi connectivity index (χ3v) is 3.46. The van der Waals surface area contributed by atoms with Crippen LogP contribution in [0, 0.1) is 0 Å². The zero-order chi connectivity index (χ0) is 14.7. The molecule has 6 heteroatoms. The number of ether oxygens (including phenoxy) is 1. The van der Waals surface area contributed by atoms with Gasteiger partial charge in [0, 0.05) is 29.8 Å². The molecule has 0 aliphatic rings. The Balaban J connectivity index is 1.92. The highest BCUT2D eigenvalue weighted by molar-refractivity contribution is 6.31. The summed E-state index contributed by atoms with van der Waals surface area (Å²) in [6.45, 7) is 0.606. The molecule has 0 unspecified atom stereocenters. The lowest BCUT2D eigenvalue weighted by atomic mass is 10.2. The van der Waals surface area contributed by atoms with Crippen LogP contribution in [0.1, 0.15) is 5.56 Å². The average molecular weight is 301 g/mol. The van der Waals surface area contributed by atoms with Crippen molar-refractivity contribution in [2.75, 3.05) is 7.11 Å². The normalized spacial score (nSPS) is 10.6. The maximum absolute atomic E-state index is 6.28. The van der Waals surface area contributed by atoms with Crippen molar-refractivity contribution in [1.82, 2.24) is 19.5 Å². The standard InChI is InChI=1S/C15H13ClN4O/c1-21-12-3-2-11(13(16)8-12)10-20-7-6-19-15(20)14-9-17-4-5-18-14/h2-9H,10H2,1H3. The SMILES string of the molecule is COc1ccc(Cn2ccnc2-c2cnccn2)c(Cl)c1. The van der Waals surface area contributed by atoms with Gasteiger partial charge in [-0.15, -0.1) is 0 Å². The average Bonchev–Trinajstić information content (AvgIpc) is 2.98. The zero-order valence-corrected chi connectivity index (χ0v) is 12.2. The second-order valence-electron chi connectivity index (χ2n) is 4.43. The van der Waals surface area contributed by atoms with Gasteiger partial charge in [0.15, 0.2) is 5.82 Å². The summed E-state index contributed by atoms with van der Waals surface area (Å²) in [6, 6.07) is 5.64. The Kier molecular flexibility index (Phi) is 3.83. The molecule has 0 atom stereocenters. The number of imidazole rings is 1. The Morgan fingerprint density at radius 1 is 1.19 bits per heavy atom. The van der Waals surface area contributed by atoms with Crippen molar-refractivity contribution in [2.24, 2.45) is 0 Å². The van der Waals surface area contributed by atoms with Gasteiger partial charge in [-0.25, -0.2) is 9.97 Å². The van der Waals surface area contributed by atoms with Crippen LogP contribution in [-0.2, 0) is 6.54 Å². The number of rotatable bonds is 4. The largest absolute Gasteiger partial charge is 0.497 e. The monoisotopic (exact) mass is 300 g/mol. The van der Waals surface area contributed by atoms with E-state index in [0.717, 1.165) is 22.8 Å². The third kappa shape index (κ3) is 2.87. The molecular weight excluding hydrogens is 288 g/mol. The number of hydrogen-bond donors (Lipinski definition) is 0. The summed E-state index contributed by atoms with van der Waals surface area (Å²) >= 11 is 6.28. The van der Waals surface area contributed by atoms with Gasteiger partial charge in [0.1, 0.15) is 11.4 Å². The molecule has 3 aromatic rings. The van der Waals surface area contributed by atoms with Crippen molar-refractivity contribution in [3.63, 3.8) is 0 Å². The van der Waals surface area contributed by atoms with E-state index in [1.54, 1.807) is 38.0 Å². The van der Waals surface area contributed by atoms with Gasteiger partial charge in [-0.05, 0) is 17.7 Å². The summed E-state index contributed by atoms with van der Waals surface area (Å²) in [5, 5.41) is 0.660. The van der Waals surface area contributed by atoms with E-state index in [2.05, 4.69) is 15.0 Å². The minimum absolute atomic E-state index is 0.606. The second-order valence-corrected chi connectivity index (χ2v) is 4.83. The van der Waals surface area contributed by atoms with Crippen molar-refractivity contribution >= 4 is 11.6 Å². The van der Waals surface area contributed by atoms with Gasteiger partial charge in [-0.3, -0.25) is 4.98 Å². The van der Waals surface area contributed by atoms with Crippen LogP contribution >= 0.6 is 11.6 Å². The fraction of sp³-hybridized carbons (Fsp3) is 0.133. The molecular formula is C15H13ClN4O. The summed E-state index contributed by atoms with van der Waals surface area (Å²) in [7, 11) is 1.62. The van der Waals surface area contributed by atoms with E-state index in [-0.39, 0.29) is 0 Å². The van der Waals surface area contributed by atoms with Crippen molar-refractivity contribution in [3.8, 4) is 17.3 Å². The van der Waals surface area contributed by atoms with E-state index in [1.165, 1.54) is 0 Å². The van der Waals surface area contributed by atoms with E-state index in [4.69, 9.17) is 16.3 Å². The van der Waals surface area contributed by atoms with Gasteiger partial charge in [0.2, 0.25) is 0 Å². The molecule has 106 valence electrons. The van der Waals surface area contributed by atoms with Crippen molar-refractivity contribution in [3.05, 3.63) is 59.8 Å². The van der Waals surface area contributed by atoms with Crippen LogP contribution in [0.2, 0.25) is 5.02 Å². The summed E-state index contributed by atoms with van der Waals surface area (Å²) < 4.78 is 7.14. The maximum atomic E-state index is 6.28. The van der Waals surface area contributed by atoms with Crippen LogP contribution in [0.4, 0.5) is 0 Å². The number of aromatic nitrogens is 4. The minimum Gasteiger partial charge on any atom is -0.497 e. The van der Waals surface area contributed by atoms with Gasteiger partial charge < -0.3 is 9.30 Å². The van der Waals surface area contributed by atoms with Crippen LogP contribution in [-0.4, -0.2) is 26.6 Å². The molecule has 3 rings (SSSR count). The van der Waals surface area contributed by atoms with E-state index in [1.807, 2.05) is 22.9 Å². The first-order chi connectivity index (χ1) is 10.3. The molecule has 0 N–H and O–H groups in total. The van der Waals surface area contributed by atoms with Crippen LogP contribution in [0.3, 0.4) is 0 Å². The molecule has 0 spiro atoms. The number of nitrogens with zero attached hydrogens (tertiary/aromatic N) is 4. The van der Waals surface area contributed by atoms with Gasteiger partial charge in [0.05, 0.1) is 19.9 Å². The molecule has 0 radical (unpaired) electrons. The molecule has 5 nitrogen and oxygen atoms in total. The lowest BCUT2D eigenvalue weighted by Gasteiger charge is -2.10. The highest BCUT2D eigenvalue weighted by atomic mass is 35.5. The Labute approximate surface area is 127 Å². The van der Waals surface area contributed by atoms with E-state index in [9.17, 15) is 0 Å². The molecule has 0 amide bonds. The Hall–Kier alpha value is -2.40. The molecule has 1 aromatic carbocycles. The van der Waals surface area contributed by atoms with E-state index in [0.29, 0.717) is 11.6 Å². The second kappa shape index (κ2) is 5.93. The predicted octanol–water partition coefficient (Wildman–Crippen LogP) is 3.05. The number of halogens is 1. The summed E-state index contributed by atoms with van der Waals surface area (Å²) in [5.74, 6) is 1.50. The maximum Gasteiger partial charge on any atom is 0.160 e. The van der Waals surface area contributed by atoms with Crippen LogP contribution in [0.5, 0.6) is 5.75 Å². The van der Waals surface area contributed by atoms with Gasteiger partial charge >= 0.3 is 0 Å². The Morgan fingerprint density at radius 2 is 2.10 bits per heavy atom. The van der Waals surface area contributed by atoms with Crippen LogP contribution < -0.4 is 4.74 Å². The van der Waals surface area contributed by atoms with Crippen LogP contribution in [0.15, 0.2) is 49.2 Å². The van der Waals surface area contributed by atoms with Gasteiger partial charge in [-0.2, -0.15) is 0 Å². The summed E-state index contributed by atoms with van der Waals surface area (Å²) in [5.41, 5.74) is 1.72. The van der Waals surface area contributed by atoms with E-state index < -0.39 is 0 Å². The fourth-order valence-electron chi connectivity index (χ4n) is 2.05. The quantitative estimate of drug-likeness (QED) is 0.743. The first-order valence-corrected chi connectivity index (χ1v) is 6.75. The number of benzene rings is 1. The number of hydrogen-bond acceptors (Lipinski definition) is 4. The summed E-state index contributed by atoms with van der Waals surface area (Å²) in [6.07, 6.45) is 8.60. The van der Waals surface area contributed by atoms with Crippen LogP contribution in [0.25, 0.3) is 11.5 Å². The molecule has 0 aliphatic carbocycles. The highest BCUT2D eigenvalue weighted by Gasteiger charge is 2.10. The molecule has 0 bridgehead atoms. The smallest absolute Gasteiger partial charge is 0.160 e. The molecule has 0 saturated carbocycles. The molecule has 0 aliphatic heterocycles. The van der Waals surface area contributed by atoms with Crippen molar-refractivity contribution in [1.29, 1.82) is 0 Å². The Bertz CT molecular complexity index is 742. The topological polar surface area (TPSA) is 52.8 Å². The van der Waals surface area contributed by atoms with Crippen molar-refractivity contribution in [2.45, 2.75) is 6.54 Å². The predicted molar refractivity (Wildman–Crippen MR) is 80.4 cm³/mol. The first-order valence-electron chi connectivity index (χ1n) is 6.38. The van der Waals surface area contributed by atoms with Crippen molar-refractivity contribution < 1.29 is 4.74 Å². The summed E-state index contributed by atoms with van der Waals surface area (Å²) in [4.78, 5) is 12.7. The Morgan fingerprint density at radius 3 is 2.81 bits per heavy atom. The fourth-order valence-corrected chi connectivity index (χ4v) is 2.28. The molecule has 21 heavy (non-hydrogen) atoms. The van der Waals surface area contributed by atoms with Gasteiger partial charge in [-0.1, -0.05) is 17.7 Å². The lowest BCUT2D eigenvalue weighted by molar-refractivity contribution is 0.414. The molecule has 2 heterocycles. The molecule has 0 saturated heterocycles. The number of methoxy groups -OCH3 is 1. The highest BCUT2D eigenvalue weighted by Crippen LogP contribution is 2.24. The van der Waals surface area contributed by atoms with E-state index >= 15 is 0 Å². The molecule has 0 fully saturated rings. The lowest BCUT2D eigenvalue weighted by Crippen LogP contribution is -2.03. The molecule has 2 aromatic heterocycles. The first kappa shape index (κ1) is 13.6.